The SMILES string of the molecule is O=S(=O)(c1sccc1Br)N(CCBr)CC(F)F. The van der Waals surface area contributed by atoms with Crippen molar-refractivity contribution in [2.24, 2.45) is 0 Å². The first-order valence-electron chi connectivity index (χ1n) is 4.47. The maximum Gasteiger partial charge on any atom is 0.253 e. The Hall–Kier alpha value is 0.430. The summed E-state index contributed by atoms with van der Waals surface area (Å²) in [6.45, 7) is -0.782. The molecule has 98 valence electrons. The van der Waals surface area contributed by atoms with Crippen molar-refractivity contribution in [3.63, 3.8) is 0 Å². The molecular formula is C8H9Br2F2NO2S2. The first kappa shape index (κ1) is 15.5. The Balaban J connectivity index is 3.04. The molecule has 0 unspecified atom stereocenters. The van der Waals surface area contributed by atoms with Crippen LogP contribution in [0.5, 0.6) is 0 Å². The van der Waals surface area contributed by atoms with Gasteiger partial charge in [-0.3, -0.25) is 0 Å². The predicted molar refractivity (Wildman–Crippen MR) is 70.6 cm³/mol. The first-order chi connectivity index (χ1) is 7.89. The highest BCUT2D eigenvalue weighted by molar-refractivity contribution is 9.10. The topological polar surface area (TPSA) is 37.4 Å². The molecule has 0 spiro atoms. The highest BCUT2D eigenvalue weighted by Gasteiger charge is 2.29. The van der Waals surface area contributed by atoms with Crippen molar-refractivity contribution < 1.29 is 17.2 Å². The lowest BCUT2D eigenvalue weighted by Gasteiger charge is -2.20. The van der Waals surface area contributed by atoms with Crippen LogP contribution in [0.15, 0.2) is 20.1 Å². The van der Waals surface area contributed by atoms with Crippen LogP contribution in [0.25, 0.3) is 0 Å². The molecular weight excluding hydrogens is 404 g/mol. The van der Waals surface area contributed by atoms with Gasteiger partial charge in [0.05, 0.1) is 6.54 Å². The molecule has 0 saturated heterocycles. The van der Waals surface area contributed by atoms with E-state index in [1.807, 2.05) is 0 Å². The number of halogens is 4. The minimum Gasteiger partial charge on any atom is -0.209 e. The number of alkyl halides is 3. The van der Waals surface area contributed by atoms with Crippen molar-refractivity contribution >= 4 is 53.2 Å². The van der Waals surface area contributed by atoms with E-state index < -0.39 is 23.0 Å². The molecule has 1 aromatic heterocycles. The zero-order chi connectivity index (χ0) is 13.1. The van der Waals surface area contributed by atoms with Gasteiger partial charge in [-0.1, -0.05) is 15.9 Å². The summed E-state index contributed by atoms with van der Waals surface area (Å²) in [5.74, 6) is 0. The summed E-state index contributed by atoms with van der Waals surface area (Å²) in [6, 6.07) is 1.58. The van der Waals surface area contributed by atoms with Crippen molar-refractivity contribution in [1.82, 2.24) is 4.31 Å². The number of hydrogen-bond donors (Lipinski definition) is 0. The van der Waals surface area contributed by atoms with E-state index in [9.17, 15) is 17.2 Å². The van der Waals surface area contributed by atoms with Gasteiger partial charge in [0.2, 0.25) is 0 Å². The molecule has 17 heavy (non-hydrogen) atoms. The average molecular weight is 413 g/mol. The van der Waals surface area contributed by atoms with Gasteiger partial charge < -0.3 is 0 Å². The molecule has 3 nitrogen and oxygen atoms in total. The fraction of sp³-hybridized carbons (Fsp3) is 0.500. The first-order valence-corrected chi connectivity index (χ1v) is 8.70. The molecule has 0 aliphatic heterocycles. The molecule has 0 atom stereocenters. The molecule has 0 saturated carbocycles. The smallest absolute Gasteiger partial charge is 0.209 e. The summed E-state index contributed by atoms with van der Waals surface area (Å²) in [5, 5.41) is 1.90. The van der Waals surface area contributed by atoms with Crippen LogP contribution in [0.3, 0.4) is 0 Å². The molecule has 0 amide bonds. The van der Waals surface area contributed by atoms with Crippen LogP contribution in [-0.2, 0) is 10.0 Å². The van der Waals surface area contributed by atoms with Crippen molar-refractivity contribution in [3.05, 3.63) is 15.9 Å². The fourth-order valence-corrected chi connectivity index (χ4v) is 5.67. The summed E-state index contributed by atoms with van der Waals surface area (Å²) >= 11 is 7.15. The van der Waals surface area contributed by atoms with Crippen LogP contribution in [0, 0.1) is 0 Å². The quantitative estimate of drug-likeness (QED) is 0.673. The lowest BCUT2D eigenvalue weighted by Crippen LogP contribution is -2.36. The number of hydrogen-bond acceptors (Lipinski definition) is 3. The van der Waals surface area contributed by atoms with Crippen molar-refractivity contribution in [2.45, 2.75) is 10.6 Å². The highest BCUT2D eigenvalue weighted by Crippen LogP contribution is 2.30. The molecule has 0 radical (unpaired) electrons. The highest BCUT2D eigenvalue weighted by atomic mass is 79.9. The third kappa shape index (κ3) is 3.95. The van der Waals surface area contributed by atoms with Gasteiger partial charge in [-0.05, 0) is 27.4 Å². The van der Waals surface area contributed by atoms with E-state index in [-0.39, 0.29) is 10.8 Å². The summed E-state index contributed by atoms with van der Waals surface area (Å²) in [6.07, 6.45) is -2.69. The zero-order valence-electron chi connectivity index (χ0n) is 8.45. The van der Waals surface area contributed by atoms with Crippen LogP contribution < -0.4 is 0 Å². The molecule has 0 bridgehead atoms. The van der Waals surface area contributed by atoms with E-state index in [0.29, 0.717) is 9.80 Å². The van der Waals surface area contributed by atoms with Gasteiger partial charge in [-0.15, -0.1) is 11.3 Å². The van der Waals surface area contributed by atoms with Gasteiger partial charge in [0.15, 0.2) is 0 Å². The Morgan fingerprint density at radius 3 is 2.53 bits per heavy atom. The molecule has 1 aromatic rings. The predicted octanol–water partition coefficient (Wildman–Crippen LogP) is 3.16. The van der Waals surface area contributed by atoms with Crippen molar-refractivity contribution in [2.75, 3.05) is 18.4 Å². The molecule has 9 heteroatoms. The summed E-state index contributed by atoms with van der Waals surface area (Å²) < 4.78 is 50.1. The zero-order valence-corrected chi connectivity index (χ0v) is 13.3. The number of nitrogens with zero attached hydrogens (tertiary/aromatic N) is 1. The second-order valence-electron chi connectivity index (χ2n) is 3.00. The maximum atomic E-state index is 12.4. The Labute approximate surface area is 119 Å². The van der Waals surface area contributed by atoms with E-state index in [1.54, 1.807) is 11.4 Å². The molecule has 0 aromatic carbocycles. The number of thiophene rings is 1. The van der Waals surface area contributed by atoms with Crippen LogP contribution in [0.4, 0.5) is 8.78 Å². The Morgan fingerprint density at radius 1 is 1.47 bits per heavy atom. The fourth-order valence-electron chi connectivity index (χ4n) is 1.14. The van der Waals surface area contributed by atoms with Crippen molar-refractivity contribution in [3.8, 4) is 0 Å². The minimum absolute atomic E-state index is 0.0109. The number of rotatable bonds is 6. The maximum absolute atomic E-state index is 12.4. The monoisotopic (exact) mass is 411 g/mol. The van der Waals surface area contributed by atoms with E-state index in [1.165, 1.54) is 0 Å². The van der Waals surface area contributed by atoms with E-state index in [4.69, 9.17) is 0 Å². The summed E-state index contributed by atoms with van der Waals surface area (Å²) in [7, 11) is -3.85. The second kappa shape index (κ2) is 6.55. The van der Waals surface area contributed by atoms with E-state index in [0.717, 1.165) is 15.6 Å². The second-order valence-corrected chi connectivity index (χ2v) is 7.70. The molecule has 0 aliphatic carbocycles. The van der Waals surface area contributed by atoms with E-state index >= 15 is 0 Å². The van der Waals surface area contributed by atoms with Gasteiger partial charge in [-0.2, -0.15) is 4.31 Å². The van der Waals surface area contributed by atoms with Gasteiger partial charge >= 0.3 is 0 Å². The van der Waals surface area contributed by atoms with Gasteiger partial charge in [0, 0.05) is 16.3 Å². The lowest BCUT2D eigenvalue weighted by molar-refractivity contribution is 0.121. The van der Waals surface area contributed by atoms with Gasteiger partial charge in [0.1, 0.15) is 4.21 Å². The van der Waals surface area contributed by atoms with Crippen LogP contribution in [0.1, 0.15) is 0 Å². The normalized spacial score (nSPS) is 12.6. The minimum atomic E-state index is -3.85. The van der Waals surface area contributed by atoms with Crippen LogP contribution >= 0.6 is 43.2 Å². The standard InChI is InChI=1S/C8H9Br2F2NO2S2/c9-2-3-13(5-7(11)12)17(14,15)8-6(10)1-4-16-8/h1,4,7H,2-3,5H2. The Bertz CT molecular complexity index is 464. The third-order valence-electron chi connectivity index (χ3n) is 1.83. The summed E-state index contributed by atoms with van der Waals surface area (Å²) in [5.41, 5.74) is 0. The van der Waals surface area contributed by atoms with Crippen molar-refractivity contribution in [1.29, 1.82) is 0 Å². The number of sulfonamides is 1. The molecule has 0 aliphatic rings. The Kier molecular flexibility index (Phi) is 5.97. The van der Waals surface area contributed by atoms with Gasteiger partial charge in [-0.25, -0.2) is 17.2 Å². The Morgan fingerprint density at radius 2 is 2.12 bits per heavy atom. The van der Waals surface area contributed by atoms with Gasteiger partial charge in [0.25, 0.3) is 16.4 Å². The summed E-state index contributed by atoms with van der Waals surface area (Å²) in [4.78, 5) is 0. The largest absolute Gasteiger partial charge is 0.253 e. The van der Waals surface area contributed by atoms with Crippen LogP contribution in [0.2, 0.25) is 0 Å². The third-order valence-corrected chi connectivity index (χ3v) is 6.70. The molecule has 0 fully saturated rings. The van der Waals surface area contributed by atoms with E-state index in [2.05, 4.69) is 31.9 Å². The molecule has 1 rings (SSSR count). The average Bonchev–Trinajstić information content (AvgIpc) is 2.63. The lowest BCUT2D eigenvalue weighted by atomic mass is 10.6. The molecule has 0 N–H and O–H groups in total. The molecule has 1 heterocycles. The van der Waals surface area contributed by atoms with Crippen LogP contribution in [-0.4, -0.2) is 37.6 Å².